The summed E-state index contributed by atoms with van der Waals surface area (Å²) >= 11 is 0. The minimum atomic E-state index is -0.182. The van der Waals surface area contributed by atoms with Crippen LogP contribution in [-0.2, 0) is 16.0 Å². The van der Waals surface area contributed by atoms with Crippen LogP contribution in [0.1, 0.15) is 56.7 Å². The summed E-state index contributed by atoms with van der Waals surface area (Å²) in [6.45, 7) is 5.11. The Balaban J connectivity index is 1.80. The number of nitrogens with zero attached hydrogens (tertiary/aromatic N) is 4. The van der Waals surface area contributed by atoms with Gasteiger partial charge in [0.2, 0.25) is 0 Å². The molecule has 0 radical (unpaired) electrons. The van der Waals surface area contributed by atoms with Crippen molar-refractivity contribution in [2.75, 3.05) is 18.5 Å². The van der Waals surface area contributed by atoms with Crippen molar-refractivity contribution < 1.29 is 9.53 Å². The van der Waals surface area contributed by atoms with Gasteiger partial charge in [-0.05, 0) is 39.0 Å². The van der Waals surface area contributed by atoms with Gasteiger partial charge in [-0.2, -0.15) is 14.6 Å². The Bertz CT molecular complexity index is 722. The number of hydrogen-bond acceptors (Lipinski definition) is 6. The molecule has 1 saturated carbocycles. The molecule has 0 atom stereocenters. The van der Waals surface area contributed by atoms with Crippen LogP contribution in [0.3, 0.4) is 0 Å². The van der Waals surface area contributed by atoms with Crippen molar-refractivity contribution in [2.45, 2.75) is 58.8 Å². The minimum absolute atomic E-state index is 0.182. The van der Waals surface area contributed by atoms with Crippen LogP contribution in [0.2, 0.25) is 0 Å². The van der Waals surface area contributed by atoms with E-state index in [9.17, 15) is 4.79 Å². The van der Waals surface area contributed by atoms with Crippen molar-refractivity contribution >= 4 is 17.6 Å². The molecular weight excluding hydrogens is 318 g/mol. The average Bonchev–Trinajstić information content (AvgIpc) is 3.07. The van der Waals surface area contributed by atoms with Gasteiger partial charge in [-0.15, -0.1) is 0 Å². The van der Waals surface area contributed by atoms with Crippen LogP contribution in [-0.4, -0.2) is 38.7 Å². The number of ether oxygens (including phenoxy) is 1. The summed E-state index contributed by atoms with van der Waals surface area (Å²) < 4.78 is 6.80. The third kappa shape index (κ3) is 4.27. The average molecular weight is 345 g/mol. The van der Waals surface area contributed by atoms with Crippen LogP contribution < -0.4 is 5.32 Å². The monoisotopic (exact) mass is 345 g/mol. The molecule has 25 heavy (non-hydrogen) atoms. The van der Waals surface area contributed by atoms with Crippen LogP contribution in [0.5, 0.6) is 0 Å². The number of hydrogen-bond donors (Lipinski definition) is 1. The van der Waals surface area contributed by atoms with Gasteiger partial charge in [0, 0.05) is 24.2 Å². The van der Waals surface area contributed by atoms with E-state index in [0.29, 0.717) is 31.1 Å². The highest BCUT2D eigenvalue weighted by Crippen LogP contribution is 2.26. The maximum atomic E-state index is 11.8. The van der Waals surface area contributed by atoms with Crippen LogP contribution >= 0.6 is 0 Å². The summed E-state index contributed by atoms with van der Waals surface area (Å²) in [7, 11) is 0. The first-order valence-corrected chi connectivity index (χ1v) is 9.27. The van der Waals surface area contributed by atoms with Crippen LogP contribution in [0, 0.1) is 12.8 Å². The maximum absolute atomic E-state index is 11.8. The molecule has 0 aromatic carbocycles. The second-order valence-corrected chi connectivity index (χ2v) is 6.69. The smallest absolute Gasteiger partial charge is 0.306 e. The zero-order valence-electron chi connectivity index (χ0n) is 15.1. The SMILES string of the molecule is CCOC(=O)CCc1c(C)nc2ncnn2c1NCC1CCCCC1. The highest BCUT2D eigenvalue weighted by Gasteiger charge is 2.18. The quantitative estimate of drug-likeness (QED) is 0.777. The second-order valence-electron chi connectivity index (χ2n) is 6.69. The zero-order valence-corrected chi connectivity index (χ0v) is 15.1. The second kappa shape index (κ2) is 8.27. The molecule has 136 valence electrons. The van der Waals surface area contributed by atoms with Gasteiger partial charge in [0.15, 0.2) is 0 Å². The Kier molecular flexibility index (Phi) is 5.83. The molecule has 0 saturated heterocycles. The van der Waals surface area contributed by atoms with Crippen LogP contribution in [0.4, 0.5) is 5.82 Å². The number of fused-ring (bicyclic) bond motifs is 1. The Morgan fingerprint density at radius 1 is 1.36 bits per heavy atom. The van der Waals surface area contributed by atoms with Gasteiger partial charge < -0.3 is 10.1 Å². The molecule has 0 unspecified atom stereocenters. The van der Waals surface area contributed by atoms with Crippen molar-refractivity contribution in [1.29, 1.82) is 0 Å². The first-order valence-electron chi connectivity index (χ1n) is 9.27. The molecule has 0 amide bonds. The number of esters is 1. The minimum Gasteiger partial charge on any atom is -0.466 e. The van der Waals surface area contributed by atoms with Crippen molar-refractivity contribution in [3.63, 3.8) is 0 Å². The number of carbonyl (C=O) groups excluding carboxylic acids is 1. The molecule has 7 nitrogen and oxygen atoms in total. The topological polar surface area (TPSA) is 81.4 Å². The molecule has 2 aromatic heterocycles. The van der Waals surface area contributed by atoms with Gasteiger partial charge in [-0.1, -0.05) is 19.3 Å². The zero-order chi connectivity index (χ0) is 17.6. The number of rotatable bonds is 7. The van der Waals surface area contributed by atoms with E-state index in [1.54, 1.807) is 4.52 Å². The molecule has 1 fully saturated rings. The van der Waals surface area contributed by atoms with Crippen LogP contribution in [0.15, 0.2) is 6.33 Å². The largest absolute Gasteiger partial charge is 0.466 e. The fourth-order valence-corrected chi connectivity index (χ4v) is 3.56. The summed E-state index contributed by atoms with van der Waals surface area (Å²) in [5.41, 5.74) is 1.90. The molecule has 0 bridgehead atoms. The van der Waals surface area contributed by atoms with Gasteiger partial charge >= 0.3 is 5.97 Å². The summed E-state index contributed by atoms with van der Waals surface area (Å²) in [5, 5.41) is 7.89. The molecule has 1 aliphatic rings. The fourth-order valence-electron chi connectivity index (χ4n) is 3.56. The lowest BCUT2D eigenvalue weighted by Crippen LogP contribution is -2.20. The van der Waals surface area contributed by atoms with Gasteiger partial charge in [0.25, 0.3) is 5.78 Å². The summed E-state index contributed by atoms with van der Waals surface area (Å²) in [6, 6.07) is 0. The Morgan fingerprint density at radius 2 is 2.16 bits per heavy atom. The lowest BCUT2D eigenvalue weighted by molar-refractivity contribution is -0.143. The Labute approximate surface area is 148 Å². The Morgan fingerprint density at radius 3 is 2.92 bits per heavy atom. The van der Waals surface area contributed by atoms with E-state index >= 15 is 0 Å². The number of aryl methyl sites for hydroxylation is 1. The molecule has 7 heteroatoms. The molecule has 2 aromatic rings. The van der Waals surface area contributed by atoms with Gasteiger partial charge in [-0.3, -0.25) is 4.79 Å². The molecule has 0 spiro atoms. The lowest BCUT2D eigenvalue weighted by atomic mass is 9.89. The van der Waals surface area contributed by atoms with Crippen LogP contribution in [0.25, 0.3) is 5.78 Å². The van der Waals surface area contributed by atoms with E-state index in [1.165, 1.54) is 38.4 Å². The molecule has 2 heterocycles. The first kappa shape index (κ1) is 17.6. The lowest BCUT2D eigenvalue weighted by Gasteiger charge is -2.23. The normalized spacial score (nSPS) is 15.4. The third-order valence-electron chi connectivity index (χ3n) is 4.90. The van der Waals surface area contributed by atoms with Gasteiger partial charge in [0.1, 0.15) is 12.1 Å². The highest BCUT2D eigenvalue weighted by atomic mass is 16.5. The standard InChI is InChI=1S/C18H27N5O2/c1-3-25-16(24)10-9-15-13(2)22-18-20-12-21-23(18)17(15)19-11-14-7-5-4-6-8-14/h12,14,19H,3-11H2,1-2H3. The molecule has 1 N–H and O–H groups in total. The van der Waals surface area contributed by atoms with Gasteiger partial charge in [0.05, 0.1) is 6.61 Å². The maximum Gasteiger partial charge on any atom is 0.306 e. The third-order valence-corrected chi connectivity index (χ3v) is 4.90. The van der Waals surface area contributed by atoms with Crippen molar-refractivity contribution in [2.24, 2.45) is 5.92 Å². The van der Waals surface area contributed by atoms with Crippen molar-refractivity contribution in [3.05, 3.63) is 17.6 Å². The van der Waals surface area contributed by atoms with Crippen molar-refractivity contribution in [1.82, 2.24) is 19.6 Å². The van der Waals surface area contributed by atoms with E-state index in [0.717, 1.165) is 23.6 Å². The molecule has 0 aliphatic heterocycles. The number of aromatic nitrogens is 4. The molecule has 3 rings (SSSR count). The summed E-state index contributed by atoms with van der Waals surface area (Å²) in [5.74, 6) is 2.01. The first-order chi connectivity index (χ1) is 12.2. The highest BCUT2D eigenvalue weighted by molar-refractivity contribution is 5.70. The molecular formula is C18H27N5O2. The van der Waals surface area contributed by atoms with Gasteiger partial charge in [-0.25, -0.2) is 4.98 Å². The van der Waals surface area contributed by atoms with E-state index < -0.39 is 0 Å². The number of carbonyl (C=O) groups is 1. The number of nitrogens with one attached hydrogen (secondary N) is 1. The predicted molar refractivity (Wildman–Crippen MR) is 95.5 cm³/mol. The van der Waals surface area contributed by atoms with Crippen molar-refractivity contribution in [3.8, 4) is 0 Å². The van der Waals surface area contributed by atoms with E-state index in [4.69, 9.17) is 4.74 Å². The van der Waals surface area contributed by atoms with E-state index in [2.05, 4.69) is 20.4 Å². The van der Waals surface area contributed by atoms with E-state index in [-0.39, 0.29) is 5.97 Å². The summed E-state index contributed by atoms with van der Waals surface area (Å²) in [6.07, 6.45) is 8.97. The number of anilines is 1. The summed E-state index contributed by atoms with van der Waals surface area (Å²) in [4.78, 5) is 20.5. The Hall–Kier alpha value is -2.18. The van der Waals surface area contributed by atoms with E-state index in [1.807, 2.05) is 13.8 Å². The fraction of sp³-hybridized carbons (Fsp3) is 0.667. The molecule has 1 aliphatic carbocycles. The predicted octanol–water partition coefficient (Wildman–Crippen LogP) is 2.92.